The van der Waals surface area contributed by atoms with E-state index in [1.54, 1.807) is 31.2 Å². The number of amides is 3. The number of aromatic hydroxyl groups is 1. The van der Waals surface area contributed by atoms with Gasteiger partial charge < -0.3 is 25.8 Å². The third kappa shape index (κ3) is 5.17. The highest BCUT2D eigenvalue weighted by atomic mass is 32.2. The largest absolute Gasteiger partial charge is 0.508 e. The molecule has 18 heteroatoms. The van der Waals surface area contributed by atoms with Crippen LogP contribution in [0.25, 0.3) is 11.0 Å². The van der Waals surface area contributed by atoms with Crippen molar-refractivity contribution < 1.29 is 29.4 Å². The number of hydrogen-bond donors (Lipinski definition) is 6. The Kier molecular flexibility index (Phi) is 7.60. The summed E-state index contributed by atoms with van der Waals surface area (Å²) in [6, 6.07) is 8.65. The number of aromatic amines is 2. The number of aromatic nitrogens is 6. The summed E-state index contributed by atoms with van der Waals surface area (Å²) in [7, 11) is 0. The summed E-state index contributed by atoms with van der Waals surface area (Å²) in [5, 5.41) is 37.7. The first kappa shape index (κ1) is 29.0. The van der Waals surface area contributed by atoms with Gasteiger partial charge in [-0.05, 0) is 52.8 Å². The van der Waals surface area contributed by atoms with E-state index in [2.05, 4.69) is 36.2 Å². The van der Waals surface area contributed by atoms with E-state index in [4.69, 9.17) is 0 Å². The number of rotatable bonds is 8. The number of fused-ring (bicyclic) bond motifs is 2. The Hall–Kier alpha value is -5.10. The van der Waals surface area contributed by atoms with Gasteiger partial charge in [0.1, 0.15) is 28.9 Å². The molecule has 2 aromatic carbocycles. The van der Waals surface area contributed by atoms with E-state index in [0.29, 0.717) is 21.8 Å². The molecular weight excluding hydrogens is 614 g/mol. The quantitative estimate of drug-likeness (QED) is 0.116. The molecule has 2 aliphatic rings. The van der Waals surface area contributed by atoms with Crippen LogP contribution in [0.4, 0.5) is 4.79 Å². The van der Waals surface area contributed by atoms with Crippen molar-refractivity contribution in [2.45, 2.75) is 34.8 Å². The first-order valence-electron chi connectivity index (χ1n) is 13.1. The predicted molar refractivity (Wildman–Crippen MR) is 157 cm³/mol. The van der Waals surface area contributed by atoms with Gasteiger partial charge in [-0.25, -0.2) is 24.0 Å². The van der Waals surface area contributed by atoms with Crippen molar-refractivity contribution in [3.63, 3.8) is 0 Å². The van der Waals surface area contributed by atoms with Gasteiger partial charge >= 0.3 is 17.7 Å². The number of β-lactam (4-membered cyclic amide) rings is 1. The van der Waals surface area contributed by atoms with Crippen LogP contribution in [0.3, 0.4) is 0 Å². The molecule has 6 N–H and O–H groups in total. The fourth-order valence-electron chi connectivity index (χ4n) is 5.04. The highest BCUT2D eigenvalue weighted by Gasteiger charge is 2.55. The van der Waals surface area contributed by atoms with Crippen LogP contribution in [0.15, 0.2) is 69.8 Å². The zero-order valence-electron chi connectivity index (χ0n) is 22.6. The number of hydrogen-bond acceptors (Lipinski definition) is 11. The highest BCUT2D eigenvalue weighted by Crippen LogP contribution is 2.43. The Labute approximate surface area is 255 Å². The minimum Gasteiger partial charge on any atom is -0.508 e. The van der Waals surface area contributed by atoms with E-state index >= 15 is 0 Å². The van der Waals surface area contributed by atoms with Crippen LogP contribution in [0, 0.1) is 0 Å². The fraction of sp³-hybridized carbons (Fsp3) is 0.231. The molecule has 2 aromatic heterocycles. The molecule has 1 saturated heterocycles. The first-order valence-corrected chi connectivity index (χ1v) is 15.0. The average Bonchev–Trinajstić information content (AvgIpc) is 3.64. The molecule has 3 unspecified atom stereocenters. The number of imidazole rings is 1. The summed E-state index contributed by atoms with van der Waals surface area (Å²) in [5.74, 6) is -2.51. The summed E-state index contributed by atoms with van der Waals surface area (Å²) in [6.45, 7) is 1.78. The van der Waals surface area contributed by atoms with Gasteiger partial charge in [0.05, 0.1) is 11.0 Å². The zero-order chi connectivity index (χ0) is 31.1. The van der Waals surface area contributed by atoms with Gasteiger partial charge in [0.15, 0.2) is 0 Å². The normalized spacial score (nSPS) is 19.2. The molecule has 0 bridgehead atoms. The number of tetrazole rings is 1. The van der Waals surface area contributed by atoms with Gasteiger partial charge in [0, 0.05) is 11.0 Å². The lowest BCUT2D eigenvalue weighted by Crippen LogP contribution is -2.71. The van der Waals surface area contributed by atoms with Crippen LogP contribution in [0.2, 0.25) is 0 Å². The summed E-state index contributed by atoms with van der Waals surface area (Å²) < 4.78 is 0.850. The van der Waals surface area contributed by atoms with Crippen molar-refractivity contribution in [2.75, 3.05) is 5.75 Å². The lowest BCUT2D eigenvalue weighted by Gasteiger charge is -2.50. The maximum absolute atomic E-state index is 13.7. The maximum atomic E-state index is 13.7. The number of H-pyrrole nitrogens is 2. The SMILES string of the molecule is CC(Sc1nnn[nH]1)C1=C(C(=O)O)N2C(=O)C(NC(=O)C(NC(=O)n3c(=O)[nH]c4ccccc43)c3ccc(O)cc3)[C@@H]2SC1. The Bertz CT molecular complexity index is 1870. The number of carboxylic acids is 1. The minimum absolute atomic E-state index is 0.0775. The van der Waals surface area contributed by atoms with E-state index in [0.717, 1.165) is 9.47 Å². The molecule has 0 spiro atoms. The average molecular weight is 638 g/mol. The lowest BCUT2D eigenvalue weighted by molar-refractivity contribution is -0.151. The minimum atomic E-state index is -1.38. The van der Waals surface area contributed by atoms with Crippen molar-refractivity contribution in [1.29, 1.82) is 0 Å². The number of benzene rings is 2. The fourth-order valence-corrected chi connectivity index (χ4v) is 7.47. The van der Waals surface area contributed by atoms with Gasteiger partial charge in [-0.1, -0.05) is 36.0 Å². The number of carbonyl (C=O) groups excluding carboxylic acids is 3. The van der Waals surface area contributed by atoms with E-state index in [1.807, 2.05) is 0 Å². The third-order valence-electron chi connectivity index (χ3n) is 7.15. The molecule has 1 fully saturated rings. The van der Waals surface area contributed by atoms with Gasteiger partial charge in [-0.3, -0.25) is 14.5 Å². The number of carbonyl (C=O) groups is 4. The van der Waals surface area contributed by atoms with Crippen LogP contribution in [-0.4, -0.2) is 91.5 Å². The maximum Gasteiger partial charge on any atom is 0.352 e. The van der Waals surface area contributed by atoms with Crippen molar-refractivity contribution in [1.82, 2.24) is 45.7 Å². The molecule has 6 rings (SSSR count). The standard InChI is InChI=1S/C26H23N9O7S2/c1-11(44-24-30-32-33-31-24)14-10-43-22-18(21(38)35(22)19(14)23(39)40)28-20(37)17(12-6-8-13(36)9-7-12)29-26(42)34-16-5-3-2-4-15(16)27-25(34)41/h2-9,11,17-18,22,36H,10H2,1H3,(H,27,41)(H,28,37)(H,29,42)(H,39,40)(H,30,31,32,33)/t11?,17?,18?,22-/m0/s1. The van der Waals surface area contributed by atoms with E-state index in [-0.39, 0.29) is 28.0 Å². The Morgan fingerprint density at radius 2 is 1.89 bits per heavy atom. The number of nitrogens with zero attached hydrogens (tertiary/aromatic N) is 5. The molecular formula is C26H23N9O7S2. The van der Waals surface area contributed by atoms with Crippen LogP contribution >= 0.6 is 23.5 Å². The van der Waals surface area contributed by atoms with Crippen LogP contribution in [0.1, 0.15) is 18.5 Å². The molecule has 4 aromatic rings. The summed E-state index contributed by atoms with van der Waals surface area (Å²) >= 11 is 2.49. The number of phenols is 1. The van der Waals surface area contributed by atoms with Crippen LogP contribution in [0.5, 0.6) is 5.75 Å². The molecule has 0 radical (unpaired) electrons. The molecule has 226 valence electrons. The Balaban J connectivity index is 1.24. The second-order valence-corrected chi connectivity index (χ2v) is 12.2. The molecule has 2 aliphatic heterocycles. The van der Waals surface area contributed by atoms with Crippen molar-refractivity contribution >= 4 is 58.4 Å². The molecule has 16 nitrogen and oxygen atoms in total. The van der Waals surface area contributed by atoms with Gasteiger partial charge in [-0.2, -0.15) is 0 Å². The molecule has 4 heterocycles. The van der Waals surface area contributed by atoms with E-state index < -0.39 is 47.0 Å². The zero-order valence-corrected chi connectivity index (χ0v) is 24.3. The third-order valence-corrected chi connectivity index (χ3v) is 9.49. The van der Waals surface area contributed by atoms with Crippen molar-refractivity contribution in [2.24, 2.45) is 0 Å². The smallest absolute Gasteiger partial charge is 0.352 e. The van der Waals surface area contributed by atoms with Crippen LogP contribution < -0.4 is 16.3 Å². The second kappa shape index (κ2) is 11.5. The van der Waals surface area contributed by atoms with Gasteiger partial charge in [-0.15, -0.1) is 16.9 Å². The topological polar surface area (TPSA) is 228 Å². The van der Waals surface area contributed by atoms with Gasteiger partial charge in [0.2, 0.25) is 11.1 Å². The second-order valence-electron chi connectivity index (χ2n) is 9.80. The summed E-state index contributed by atoms with van der Waals surface area (Å²) in [4.78, 5) is 68.9. The summed E-state index contributed by atoms with van der Waals surface area (Å²) in [6.07, 6.45) is 0. The molecule has 3 amide bonds. The number of nitrogens with one attached hydrogen (secondary N) is 4. The lowest BCUT2D eigenvalue weighted by atomic mass is 10.00. The number of carboxylic acid groups (broad SMARTS) is 1. The number of aliphatic carboxylic acids is 1. The number of para-hydroxylation sites is 2. The van der Waals surface area contributed by atoms with Crippen molar-refractivity contribution in [3.8, 4) is 5.75 Å². The van der Waals surface area contributed by atoms with Crippen LogP contribution in [-0.2, 0) is 14.4 Å². The Morgan fingerprint density at radius 3 is 2.59 bits per heavy atom. The van der Waals surface area contributed by atoms with Gasteiger partial charge in [0.25, 0.3) is 5.91 Å². The molecule has 44 heavy (non-hydrogen) atoms. The Morgan fingerprint density at radius 1 is 1.14 bits per heavy atom. The molecule has 4 atom stereocenters. The van der Waals surface area contributed by atoms with Crippen molar-refractivity contribution in [3.05, 3.63) is 75.8 Å². The molecule has 0 saturated carbocycles. The van der Waals surface area contributed by atoms with E-state index in [9.17, 15) is 34.2 Å². The monoisotopic (exact) mass is 637 g/mol. The predicted octanol–water partition coefficient (Wildman–Crippen LogP) is 0.767. The first-order chi connectivity index (χ1) is 21.1. The highest BCUT2D eigenvalue weighted by molar-refractivity contribution is 8.01. The number of phenolic OH excluding ortho intramolecular Hbond substituents is 1. The number of thioether (sulfide) groups is 2. The summed E-state index contributed by atoms with van der Waals surface area (Å²) in [5.41, 5.74) is 0.588. The van der Waals surface area contributed by atoms with E-state index in [1.165, 1.54) is 47.8 Å². The molecule has 0 aliphatic carbocycles.